The number of benzene rings is 1. The topological polar surface area (TPSA) is 67.4 Å². The van der Waals surface area contributed by atoms with Crippen LogP contribution in [0.4, 0.5) is 0 Å². The van der Waals surface area contributed by atoms with Crippen molar-refractivity contribution >= 4 is 40.9 Å². The average Bonchev–Trinajstić information content (AvgIpc) is 3.20. The van der Waals surface area contributed by atoms with Crippen molar-refractivity contribution in [3.63, 3.8) is 0 Å². The number of nitrogens with one attached hydrogen (secondary N) is 2. The van der Waals surface area contributed by atoms with Crippen molar-refractivity contribution in [1.82, 2.24) is 20.4 Å². The lowest BCUT2D eigenvalue weighted by Gasteiger charge is -2.11. The van der Waals surface area contributed by atoms with Gasteiger partial charge >= 0.3 is 0 Å². The Morgan fingerprint density at radius 3 is 2.55 bits per heavy atom. The highest BCUT2D eigenvalue weighted by molar-refractivity contribution is 14.0. The Kier molecular flexibility index (Phi) is 8.55. The lowest BCUT2D eigenvalue weighted by atomic mass is 10.1. The third-order valence-electron chi connectivity index (χ3n) is 5.13. The quantitative estimate of drug-likeness (QED) is 0.280. The summed E-state index contributed by atoms with van der Waals surface area (Å²) in [6.07, 6.45) is 1.87. The maximum absolute atomic E-state index is 6.01. The van der Waals surface area contributed by atoms with E-state index < -0.39 is 0 Å². The molecule has 0 bridgehead atoms. The normalized spacial score (nSPS) is 11.6. The molecular formula is C22H32IN5O. The van der Waals surface area contributed by atoms with E-state index in [-0.39, 0.29) is 24.0 Å². The molecule has 29 heavy (non-hydrogen) atoms. The molecule has 6 nitrogen and oxygen atoms in total. The van der Waals surface area contributed by atoms with E-state index in [1.165, 1.54) is 16.8 Å². The number of aliphatic imine (C=N–C) groups is 1. The van der Waals surface area contributed by atoms with Crippen LogP contribution in [0, 0.1) is 6.92 Å². The summed E-state index contributed by atoms with van der Waals surface area (Å²) in [5.41, 5.74) is 5.73. The van der Waals surface area contributed by atoms with E-state index in [1.807, 2.05) is 29.9 Å². The minimum absolute atomic E-state index is 0. The summed E-state index contributed by atoms with van der Waals surface area (Å²) in [5, 5.41) is 12.5. The molecule has 0 aliphatic rings. The second-order valence-electron chi connectivity index (χ2n) is 6.90. The predicted octanol–water partition coefficient (Wildman–Crippen LogP) is 4.47. The fourth-order valence-corrected chi connectivity index (χ4v) is 3.63. The van der Waals surface area contributed by atoms with Crippen LogP contribution in [0.2, 0.25) is 0 Å². The molecule has 0 saturated carbocycles. The average molecular weight is 509 g/mol. The number of rotatable bonds is 7. The summed E-state index contributed by atoms with van der Waals surface area (Å²) in [5.74, 6) is 1.73. The van der Waals surface area contributed by atoms with Crippen molar-refractivity contribution in [1.29, 1.82) is 0 Å². The van der Waals surface area contributed by atoms with Crippen LogP contribution in [0.25, 0.3) is 11.0 Å². The zero-order valence-electron chi connectivity index (χ0n) is 18.0. The van der Waals surface area contributed by atoms with Crippen LogP contribution in [0.5, 0.6) is 0 Å². The third-order valence-corrected chi connectivity index (χ3v) is 5.13. The van der Waals surface area contributed by atoms with Crippen LogP contribution in [0.3, 0.4) is 0 Å². The minimum atomic E-state index is 0. The molecule has 2 N–H and O–H groups in total. The van der Waals surface area contributed by atoms with Gasteiger partial charge in [-0.15, -0.1) is 24.0 Å². The molecule has 0 spiro atoms. The van der Waals surface area contributed by atoms with Crippen LogP contribution < -0.4 is 10.6 Å². The van der Waals surface area contributed by atoms with Gasteiger partial charge in [0.2, 0.25) is 0 Å². The van der Waals surface area contributed by atoms with E-state index in [4.69, 9.17) is 9.41 Å². The maximum atomic E-state index is 6.01. The fourth-order valence-electron chi connectivity index (χ4n) is 3.63. The van der Waals surface area contributed by atoms with Crippen LogP contribution >= 0.6 is 24.0 Å². The van der Waals surface area contributed by atoms with Gasteiger partial charge in [-0.05, 0) is 32.8 Å². The molecule has 0 saturated heterocycles. The Morgan fingerprint density at radius 2 is 1.90 bits per heavy atom. The molecular weight excluding hydrogens is 477 g/mol. The Labute approximate surface area is 190 Å². The molecule has 2 aromatic heterocycles. The Morgan fingerprint density at radius 1 is 1.14 bits per heavy atom. The van der Waals surface area contributed by atoms with Crippen molar-refractivity contribution in [3.05, 3.63) is 52.5 Å². The third kappa shape index (κ3) is 5.12. The second-order valence-corrected chi connectivity index (χ2v) is 6.90. The van der Waals surface area contributed by atoms with Gasteiger partial charge < -0.3 is 15.1 Å². The van der Waals surface area contributed by atoms with Gasteiger partial charge in [0.1, 0.15) is 11.3 Å². The molecule has 7 heteroatoms. The largest absolute Gasteiger partial charge is 0.459 e. The Balaban J connectivity index is 0.00000300. The van der Waals surface area contributed by atoms with Crippen LogP contribution in [-0.4, -0.2) is 22.3 Å². The highest BCUT2D eigenvalue weighted by Gasteiger charge is 2.14. The summed E-state index contributed by atoms with van der Waals surface area (Å²) < 4.78 is 8.00. The molecule has 0 radical (unpaired) electrons. The number of furan rings is 1. The van der Waals surface area contributed by atoms with Crippen molar-refractivity contribution in [2.24, 2.45) is 12.0 Å². The van der Waals surface area contributed by atoms with Gasteiger partial charge in [-0.1, -0.05) is 32.0 Å². The van der Waals surface area contributed by atoms with Crippen molar-refractivity contribution < 1.29 is 4.42 Å². The van der Waals surface area contributed by atoms with E-state index in [0.717, 1.165) is 47.8 Å². The molecule has 0 atom stereocenters. The first-order valence-electron chi connectivity index (χ1n) is 10.1. The highest BCUT2D eigenvalue weighted by atomic mass is 127. The molecule has 158 valence electrons. The van der Waals surface area contributed by atoms with Gasteiger partial charge in [-0.25, -0.2) is 4.99 Å². The molecule has 3 aromatic rings. The summed E-state index contributed by atoms with van der Waals surface area (Å²) >= 11 is 0. The first-order valence-corrected chi connectivity index (χ1v) is 10.1. The number of guanidine groups is 1. The molecule has 3 rings (SSSR count). The zero-order chi connectivity index (χ0) is 20.1. The fraction of sp³-hybridized carbons (Fsp3) is 0.455. The Bertz CT molecular complexity index is 973. The van der Waals surface area contributed by atoms with Crippen molar-refractivity contribution in [2.45, 2.75) is 53.6 Å². The second kappa shape index (κ2) is 10.7. The number of nitrogens with zero attached hydrogens (tertiary/aromatic N) is 3. The molecule has 1 aromatic carbocycles. The standard InChI is InChI=1S/C22H31N5O.HI/c1-6-18-17(19(7-2)27(5)26-18)13-24-22(23-8-3)25-14-21-15(4)16-11-9-10-12-20(16)28-21;/h9-12H,6-8,13-14H2,1-5H3,(H2,23,24,25);1H. The summed E-state index contributed by atoms with van der Waals surface area (Å²) in [4.78, 5) is 4.81. The SMILES string of the molecule is CCNC(=NCc1c(CC)nn(C)c1CC)NCc1oc2ccccc2c1C.I. The Hall–Kier alpha value is -2.03. The van der Waals surface area contributed by atoms with E-state index in [9.17, 15) is 0 Å². The number of fused-ring (bicyclic) bond motifs is 1. The zero-order valence-corrected chi connectivity index (χ0v) is 20.3. The van der Waals surface area contributed by atoms with Crippen molar-refractivity contribution in [3.8, 4) is 0 Å². The van der Waals surface area contributed by atoms with Gasteiger partial charge in [0, 0.05) is 35.8 Å². The predicted molar refractivity (Wildman–Crippen MR) is 130 cm³/mol. The summed E-state index contributed by atoms with van der Waals surface area (Å²) in [6, 6.07) is 8.14. The van der Waals surface area contributed by atoms with Gasteiger partial charge in [0.15, 0.2) is 5.96 Å². The lowest BCUT2D eigenvalue weighted by Crippen LogP contribution is -2.36. The smallest absolute Gasteiger partial charge is 0.191 e. The van der Waals surface area contributed by atoms with Gasteiger partial charge in [0.05, 0.1) is 18.8 Å². The van der Waals surface area contributed by atoms with Gasteiger partial charge in [-0.2, -0.15) is 5.10 Å². The summed E-state index contributed by atoms with van der Waals surface area (Å²) in [6.45, 7) is 10.5. The molecule has 0 aliphatic carbocycles. The molecule has 0 fully saturated rings. The highest BCUT2D eigenvalue weighted by Crippen LogP contribution is 2.24. The molecule has 0 aliphatic heterocycles. The van der Waals surface area contributed by atoms with E-state index >= 15 is 0 Å². The van der Waals surface area contributed by atoms with Crippen LogP contribution in [0.1, 0.15) is 49.0 Å². The monoisotopic (exact) mass is 509 g/mol. The molecule has 0 unspecified atom stereocenters. The molecule has 2 heterocycles. The number of hydrogen-bond acceptors (Lipinski definition) is 3. The minimum Gasteiger partial charge on any atom is -0.459 e. The number of aromatic nitrogens is 2. The van der Waals surface area contributed by atoms with Gasteiger partial charge in [0.25, 0.3) is 0 Å². The van der Waals surface area contributed by atoms with Crippen molar-refractivity contribution in [2.75, 3.05) is 6.54 Å². The number of aryl methyl sites for hydroxylation is 3. The maximum Gasteiger partial charge on any atom is 0.191 e. The lowest BCUT2D eigenvalue weighted by molar-refractivity contribution is 0.534. The first-order chi connectivity index (χ1) is 13.6. The van der Waals surface area contributed by atoms with E-state index in [1.54, 1.807) is 0 Å². The van der Waals surface area contributed by atoms with E-state index in [0.29, 0.717) is 13.1 Å². The number of halogens is 1. The van der Waals surface area contributed by atoms with E-state index in [2.05, 4.69) is 49.5 Å². The number of para-hydroxylation sites is 1. The first kappa shape index (κ1) is 23.3. The number of hydrogen-bond donors (Lipinski definition) is 2. The van der Waals surface area contributed by atoms with Gasteiger partial charge in [-0.3, -0.25) is 4.68 Å². The molecule has 0 amide bonds. The summed E-state index contributed by atoms with van der Waals surface area (Å²) in [7, 11) is 2.01. The van der Waals surface area contributed by atoms with Crippen LogP contribution in [0.15, 0.2) is 33.7 Å². The van der Waals surface area contributed by atoms with Crippen LogP contribution in [-0.2, 0) is 33.0 Å².